The Morgan fingerprint density at radius 1 is 0.444 bits per heavy atom. The fourth-order valence-electron chi connectivity index (χ4n) is 5.82. The van der Waals surface area contributed by atoms with Crippen LogP contribution in [-0.2, 0) is 0 Å². The molecule has 0 amide bonds. The Morgan fingerprint density at radius 3 is 1.39 bits per heavy atom. The van der Waals surface area contributed by atoms with Gasteiger partial charge in [-0.15, -0.1) is 0 Å². The van der Waals surface area contributed by atoms with Crippen LogP contribution in [0, 0.1) is 22.7 Å². The van der Waals surface area contributed by atoms with Crippen LogP contribution in [0.4, 0.5) is 0 Å². The molecule has 0 unspecified atom stereocenters. The molecule has 2 heteroatoms. The zero-order valence-corrected chi connectivity index (χ0v) is 19.3. The minimum atomic E-state index is 0.643. The van der Waals surface area contributed by atoms with E-state index in [0.29, 0.717) is 11.1 Å². The van der Waals surface area contributed by atoms with Crippen molar-refractivity contribution >= 4 is 21.5 Å². The van der Waals surface area contributed by atoms with Crippen LogP contribution in [0.15, 0.2) is 109 Å². The zero-order chi connectivity index (χ0) is 24.2. The molecule has 7 rings (SSSR count). The first-order chi connectivity index (χ1) is 17.8. The van der Waals surface area contributed by atoms with Gasteiger partial charge in [-0.2, -0.15) is 10.5 Å². The molecule has 0 N–H and O–H groups in total. The van der Waals surface area contributed by atoms with E-state index in [1.807, 2.05) is 36.4 Å². The average Bonchev–Trinajstić information content (AvgIpc) is 3.27. The molecule has 0 radical (unpaired) electrons. The SMILES string of the molecule is N#Cc1cccc(-c2c3c(c(-c4cccc(C#N)c4)c4ccccc24)-c2cccc4cccc-3c24)c1. The van der Waals surface area contributed by atoms with E-state index in [2.05, 4.69) is 84.9 Å². The Morgan fingerprint density at radius 2 is 0.917 bits per heavy atom. The van der Waals surface area contributed by atoms with Crippen LogP contribution in [0.25, 0.3) is 66.1 Å². The third kappa shape index (κ3) is 2.76. The second kappa shape index (κ2) is 7.67. The Kier molecular flexibility index (Phi) is 4.31. The number of nitrogens with zero attached hydrogens (tertiary/aromatic N) is 2. The number of hydrogen-bond acceptors (Lipinski definition) is 2. The van der Waals surface area contributed by atoms with Gasteiger partial charge in [0.1, 0.15) is 0 Å². The van der Waals surface area contributed by atoms with E-state index in [1.54, 1.807) is 0 Å². The second-order valence-corrected chi connectivity index (χ2v) is 9.14. The molecule has 0 atom stereocenters. The molecule has 1 aliphatic carbocycles. The lowest BCUT2D eigenvalue weighted by Crippen LogP contribution is -1.94. The van der Waals surface area contributed by atoms with E-state index in [-0.39, 0.29) is 0 Å². The molecular weight excluding hydrogens is 436 g/mol. The van der Waals surface area contributed by atoms with Gasteiger partial charge in [0, 0.05) is 0 Å². The van der Waals surface area contributed by atoms with Gasteiger partial charge in [-0.1, -0.05) is 84.9 Å². The molecular formula is C34H18N2. The summed E-state index contributed by atoms with van der Waals surface area (Å²) in [5, 5.41) is 24.0. The molecule has 0 fully saturated rings. The molecule has 0 aromatic heterocycles. The monoisotopic (exact) mass is 454 g/mol. The number of hydrogen-bond donors (Lipinski definition) is 0. The van der Waals surface area contributed by atoms with Crippen molar-refractivity contribution in [1.82, 2.24) is 0 Å². The molecule has 36 heavy (non-hydrogen) atoms. The first kappa shape index (κ1) is 20.2. The Balaban J connectivity index is 1.74. The summed E-state index contributed by atoms with van der Waals surface area (Å²) < 4.78 is 0. The van der Waals surface area contributed by atoms with Gasteiger partial charge in [-0.25, -0.2) is 0 Å². The summed E-state index contributed by atoms with van der Waals surface area (Å²) in [7, 11) is 0. The first-order valence-corrected chi connectivity index (χ1v) is 11.9. The topological polar surface area (TPSA) is 47.6 Å². The van der Waals surface area contributed by atoms with Crippen molar-refractivity contribution in [3.63, 3.8) is 0 Å². The minimum Gasteiger partial charge on any atom is -0.192 e. The molecule has 0 bridgehead atoms. The Labute approximate surface area is 208 Å². The summed E-state index contributed by atoms with van der Waals surface area (Å²) in [5.41, 5.74) is 10.4. The maximum absolute atomic E-state index is 9.65. The summed E-state index contributed by atoms with van der Waals surface area (Å²) in [6.45, 7) is 0. The van der Waals surface area contributed by atoms with Crippen molar-refractivity contribution in [3.8, 4) is 56.6 Å². The molecule has 1 aliphatic rings. The summed E-state index contributed by atoms with van der Waals surface area (Å²) in [6.07, 6.45) is 0. The lowest BCUT2D eigenvalue weighted by atomic mass is 9.82. The Bertz CT molecular complexity index is 1830. The van der Waals surface area contributed by atoms with E-state index < -0.39 is 0 Å². The average molecular weight is 455 g/mol. The van der Waals surface area contributed by atoms with E-state index in [4.69, 9.17) is 0 Å². The third-order valence-electron chi connectivity index (χ3n) is 7.22. The van der Waals surface area contributed by atoms with Crippen LogP contribution >= 0.6 is 0 Å². The highest BCUT2D eigenvalue weighted by Crippen LogP contribution is 2.57. The maximum Gasteiger partial charge on any atom is 0.0991 e. The number of benzene rings is 6. The van der Waals surface area contributed by atoms with Crippen LogP contribution < -0.4 is 0 Å². The fourth-order valence-corrected chi connectivity index (χ4v) is 5.82. The van der Waals surface area contributed by atoms with Gasteiger partial charge < -0.3 is 0 Å². The first-order valence-electron chi connectivity index (χ1n) is 11.9. The highest BCUT2D eigenvalue weighted by Gasteiger charge is 2.30. The molecule has 2 nitrogen and oxygen atoms in total. The Hall–Kier alpha value is -5.18. The van der Waals surface area contributed by atoms with Gasteiger partial charge in [-0.05, 0) is 90.3 Å². The van der Waals surface area contributed by atoms with Gasteiger partial charge in [-0.3, -0.25) is 0 Å². The van der Waals surface area contributed by atoms with Gasteiger partial charge in [0.25, 0.3) is 0 Å². The van der Waals surface area contributed by atoms with Gasteiger partial charge >= 0.3 is 0 Å². The minimum absolute atomic E-state index is 0.643. The molecule has 6 aromatic rings. The molecule has 0 saturated heterocycles. The third-order valence-corrected chi connectivity index (χ3v) is 7.22. The van der Waals surface area contributed by atoms with Gasteiger partial charge in [0.15, 0.2) is 0 Å². The fraction of sp³-hybridized carbons (Fsp3) is 0. The number of rotatable bonds is 2. The molecule has 164 valence electrons. The highest BCUT2D eigenvalue weighted by molar-refractivity contribution is 6.27. The van der Waals surface area contributed by atoms with Crippen molar-refractivity contribution in [3.05, 3.63) is 120 Å². The van der Waals surface area contributed by atoms with Crippen molar-refractivity contribution < 1.29 is 0 Å². The molecule has 0 spiro atoms. The van der Waals surface area contributed by atoms with Crippen LogP contribution in [-0.4, -0.2) is 0 Å². The smallest absolute Gasteiger partial charge is 0.0991 e. The van der Waals surface area contributed by atoms with Crippen molar-refractivity contribution in [1.29, 1.82) is 10.5 Å². The van der Waals surface area contributed by atoms with Gasteiger partial charge in [0.2, 0.25) is 0 Å². The van der Waals surface area contributed by atoms with Crippen molar-refractivity contribution in [2.45, 2.75) is 0 Å². The largest absolute Gasteiger partial charge is 0.192 e. The lowest BCUT2D eigenvalue weighted by Gasteiger charge is -2.20. The molecule has 0 saturated carbocycles. The molecule has 0 aliphatic heterocycles. The van der Waals surface area contributed by atoms with Crippen molar-refractivity contribution in [2.75, 3.05) is 0 Å². The van der Waals surface area contributed by atoms with Crippen LogP contribution in [0.5, 0.6) is 0 Å². The van der Waals surface area contributed by atoms with Crippen LogP contribution in [0.1, 0.15) is 11.1 Å². The van der Waals surface area contributed by atoms with Crippen LogP contribution in [0.3, 0.4) is 0 Å². The highest BCUT2D eigenvalue weighted by atomic mass is 14.3. The van der Waals surface area contributed by atoms with E-state index in [9.17, 15) is 10.5 Å². The quantitative estimate of drug-likeness (QED) is 0.262. The zero-order valence-electron chi connectivity index (χ0n) is 19.3. The summed E-state index contributed by atoms with van der Waals surface area (Å²) >= 11 is 0. The molecule has 6 aromatic carbocycles. The van der Waals surface area contributed by atoms with E-state index in [1.165, 1.54) is 33.0 Å². The standard InChI is InChI=1S/C34H18N2/c35-19-21-7-3-11-24(17-21)31-26-13-1-2-14-27(26)32(25-12-4-8-22(18-25)20-36)34-29-16-6-10-23-9-5-15-28(30(23)29)33(31)34/h1-18H. The van der Waals surface area contributed by atoms with Gasteiger partial charge in [0.05, 0.1) is 23.3 Å². The maximum atomic E-state index is 9.65. The predicted molar refractivity (Wildman–Crippen MR) is 146 cm³/mol. The summed E-state index contributed by atoms with van der Waals surface area (Å²) in [6, 6.07) is 41.9. The summed E-state index contributed by atoms with van der Waals surface area (Å²) in [5.74, 6) is 0. The van der Waals surface area contributed by atoms with E-state index in [0.717, 1.165) is 33.0 Å². The summed E-state index contributed by atoms with van der Waals surface area (Å²) in [4.78, 5) is 0. The lowest BCUT2D eigenvalue weighted by molar-refractivity contribution is 1.48. The van der Waals surface area contributed by atoms with E-state index >= 15 is 0 Å². The number of fused-ring (bicyclic) bond motifs is 4. The van der Waals surface area contributed by atoms with Crippen molar-refractivity contribution in [2.24, 2.45) is 0 Å². The second-order valence-electron chi connectivity index (χ2n) is 9.14. The van der Waals surface area contributed by atoms with Crippen LogP contribution in [0.2, 0.25) is 0 Å². The normalized spacial score (nSPS) is 11.3. The molecule has 0 heterocycles. The predicted octanol–water partition coefficient (Wildman–Crippen LogP) is 8.72. The number of nitriles is 2.